The van der Waals surface area contributed by atoms with Crippen molar-refractivity contribution in [1.82, 2.24) is 25.4 Å². The minimum Gasteiger partial charge on any atom is -0.383 e. The summed E-state index contributed by atoms with van der Waals surface area (Å²) in [6.45, 7) is 3.67. The lowest BCUT2D eigenvalue weighted by atomic mass is 10.1. The van der Waals surface area contributed by atoms with Crippen molar-refractivity contribution in [3.8, 4) is 11.3 Å². The molecule has 1 saturated heterocycles. The van der Waals surface area contributed by atoms with Crippen LogP contribution in [0, 0.1) is 6.92 Å². The number of thioether (sulfide) groups is 1. The molecular weight excluding hydrogens is 374 g/mol. The lowest BCUT2D eigenvalue weighted by molar-refractivity contribution is 0.197. The Balaban J connectivity index is 1.59. The summed E-state index contributed by atoms with van der Waals surface area (Å²) in [5.41, 5.74) is 11.7. The number of fused-ring (bicyclic) bond motifs is 1. The number of nitrogens with zero attached hydrogens (tertiary/aromatic N) is 4. The fourth-order valence-corrected chi connectivity index (χ4v) is 3.98. The molecule has 4 N–H and O–H groups in total. The van der Waals surface area contributed by atoms with Crippen molar-refractivity contribution in [3.63, 3.8) is 0 Å². The maximum absolute atomic E-state index is 12.3. The maximum Gasteiger partial charge on any atom is 0.334 e. The van der Waals surface area contributed by atoms with Crippen molar-refractivity contribution in [3.05, 3.63) is 42.4 Å². The molecule has 9 heteroatoms. The number of aryl methyl sites for hydroxylation is 1. The highest BCUT2D eigenvalue weighted by atomic mass is 32.2. The Morgan fingerprint density at radius 2 is 2.07 bits per heavy atom. The number of amides is 2. The third-order valence-electron chi connectivity index (χ3n) is 4.57. The van der Waals surface area contributed by atoms with Crippen LogP contribution in [-0.2, 0) is 0 Å². The van der Waals surface area contributed by atoms with E-state index in [1.165, 1.54) is 0 Å². The monoisotopic (exact) mass is 395 g/mol. The van der Waals surface area contributed by atoms with Gasteiger partial charge in [0, 0.05) is 54.1 Å². The Labute approximate surface area is 166 Å². The lowest BCUT2D eigenvalue weighted by Crippen LogP contribution is -2.48. The van der Waals surface area contributed by atoms with Crippen LogP contribution in [0.2, 0.25) is 0 Å². The number of hydrogen-bond acceptors (Lipinski definition) is 7. The second-order valence-electron chi connectivity index (χ2n) is 6.54. The molecule has 8 nitrogen and oxygen atoms in total. The number of rotatable bonds is 3. The first-order valence-corrected chi connectivity index (χ1v) is 10.1. The fourth-order valence-electron chi connectivity index (χ4n) is 3.08. The van der Waals surface area contributed by atoms with Crippen LogP contribution in [0.15, 0.2) is 36.8 Å². The number of urea groups is 1. The highest BCUT2D eigenvalue weighted by molar-refractivity contribution is 7.99. The first kappa shape index (κ1) is 18.5. The standard InChI is InChI=1S/C19H21N7OS/c1-12-2-3-21-10-14(12)16-8-13-9-17(22-11-15(13)18(20)23-16)24-19(27)25-26-4-6-28-7-5-26/h2-3,8-11H,4-7H2,1H3,(H2,20,23)(H2,22,24,25,27). The number of aromatic nitrogens is 3. The van der Waals surface area contributed by atoms with E-state index < -0.39 is 0 Å². The summed E-state index contributed by atoms with van der Waals surface area (Å²) in [4.78, 5) is 25.2. The molecule has 1 aliphatic heterocycles. The number of nitrogen functional groups attached to an aromatic ring is 1. The number of hydrogen-bond donors (Lipinski definition) is 3. The van der Waals surface area contributed by atoms with Gasteiger partial charge in [0.1, 0.15) is 11.6 Å². The summed E-state index contributed by atoms with van der Waals surface area (Å²) >= 11 is 1.88. The molecule has 0 radical (unpaired) electrons. The molecule has 0 unspecified atom stereocenters. The quantitative estimate of drug-likeness (QED) is 0.625. The zero-order chi connectivity index (χ0) is 19.5. The van der Waals surface area contributed by atoms with Gasteiger partial charge in [0.25, 0.3) is 0 Å². The molecule has 0 atom stereocenters. The molecule has 3 aromatic heterocycles. The van der Waals surface area contributed by atoms with Gasteiger partial charge < -0.3 is 5.73 Å². The van der Waals surface area contributed by atoms with E-state index >= 15 is 0 Å². The molecule has 4 rings (SSSR count). The minimum absolute atomic E-state index is 0.302. The van der Waals surface area contributed by atoms with Gasteiger partial charge in [-0.1, -0.05) is 0 Å². The summed E-state index contributed by atoms with van der Waals surface area (Å²) in [7, 11) is 0. The first-order chi connectivity index (χ1) is 13.6. The molecule has 3 aromatic rings. The fraction of sp³-hybridized carbons (Fsp3) is 0.263. The highest BCUT2D eigenvalue weighted by Crippen LogP contribution is 2.28. The van der Waals surface area contributed by atoms with Gasteiger partial charge in [-0.2, -0.15) is 11.8 Å². The number of carbonyl (C=O) groups is 1. The second-order valence-corrected chi connectivity index (χ2v) is 7.76. The summed E-state index contributed by atoms with van der Waals surface area (Å²) in [6, 6.07) is 5.36. The maximum atomic E-state index is 12.3. The topological polar surface area (TPSA) is 109 Å². The average molecular weight is 395 g/mol. The largest absolute Gasteiger partial charge is 0.383 e. The lowest BCUT2D eigenvalue weighted by Gasteiger charge is -2.26. The number of anilines is 2. The van der Waals surface area contributed by atoms with Gasteiger partial charge in [-0.15, -0.1) is 0 Å². The van der Waals surface area contributed by atoms with E-state index in [0.717, 1.165) is 52.2 Å². The first-order valence-electron chi connectivity index (χ1n) is 8.98. The van der Waals surface area contributed by atoms with Crippen molar-refractivity contribution in [2.75, 3.05) is 35.6 Å². The average Bonchev–Trinajstić information content (AvgIpc) is 2.68. The molecular formula is C19H21N7OS. The van der Waals surface area contributed by atoms with Crippen LogP contribution in [-0.4, -0.2) is 50.6 Å². The molecule has 0 bridgehead atoms. The van der Waals surface area contributed by atoms with Gasteiger partial charge in [-0.3, -0.25) is 15.7 Å². The van der Waals surface area contributed by atoms with Gasteiger partial charge in [0.2, 0.25) is 0 Å². The van der Waals surface area contributed by atoms with E-state index in [1.807, 2.05) is 35.8 Å². The van der Waals surface area contributed by atoms with Gasteiger partial charge in [-0.25, -0.2) is 19.8 Å². The van der Waals surface area contributed by atoms with Gasteiger partial charge in [-0.05, 0) is 36.1 Å². The summed E-state index contributed by atoms with van der Waals surface area (Å²) in [5, 5.41) is 6.30. The van der Waals surface area contributed by atoms with Crippen molar-refractivity contribution in [2.45, 2.75) is 6.92 Å². The minimum atomic E-state index is -0.302. The predicted octanol–water partition coefficient (Wildman–Crippen LogP) is 2.67. The highest BCUT2D eigenvalue weighted by Gasteiger charge is 2.14. The Morgan fingerprint density at radius 1 is 1.25 bits per heavy atom. The normalized spacial score (nSPS) is 14.8. The van der Waals surface area contributed by atoms with Crippen LogP contribution in [0.25, 0.3) is 22.0 Å². The molecule has 28 heavy (non-hydrogen) atoms. The number of carbonyl (C=O) groups excluding carboxylic acids is 1. The molecule has 144 valence electrons. The predicted molar refractivity (Wildman–Crippen MR) is 113 cm³/mol. The van der Waals surface area contributed by atoms with Crippen LogP contribution >= 0.6 is 11.8 Å². The van der Waals surface area contributed by atoms with E-state index in [4.69, 9.17) is 5.73 Å². The number of hydrazine groups is 1. The van der Waals surface area contributed by atoms with Crippen molar-refractivity contribution in [2.24, 2.45) is 0 Å². The summed E-state index contributed by atoms with van der Waals surface area (Å²) in [5.74, 6) is 2.87. The molecule has 0 aliphatic carbocycles. The third kappa shape index (κ3) is 4.00. The Kier molecular flexibility index (Phi) is 5.27. The molecule has 1 fully saturated rings. The smallest absolute Gasteiger partial charge is 0.334 e. The molecule has 0 spiro atoms. The molecule has 0 saturated carbocycles. The van der Waals surface area contributed by atoms with Crippen molar-refractivity contribution < 1.29 is 4.79 Å². The van der Waals surface area contributed by atoms with Crippen LogP contribution in [0.5, 0.6) is 0 Å². The molecule has 2 amide bonds. The van der Waals surface area contributed by atoms with E-state index in [9.17, 15) is 4.79 Å². The van der Waals surface area contributed by atoms with E-state index in [0.29, 0.717) is 11.6 Å². The van der Waals surface area contributed by atoms with E-state index in [-0.39, 0.29) is 6.03 Å². The summed E-state index contributed by atoms with van der Waals surface area (Å²) in [6.07, 6.45) is 5.15. The van der Waals surface area contributed by atoms with Crippen molar-refractivity contribution >= 4 is 40.2 Å². The molecule has 4 heterocycles. The zero-order valence-corrected chi connectivity index (χ0v) is 16.3. The van der Waals surface area contributed by atoms with Gasteiger partial charge in [0.15, 0.2) is 0 Å². The van der Waals surface area contributed by atoms with E-state index in [1.54, 1.807) is 24.7 Å². The Hall–Kier alpha value is -2.91. The van der Waals surface area contributed by atoms with E-state index in [2.05, 4.69) is 25.7 Å². The van der Waals surface area contributed by atoms with Crippen LogP contribution in [0.4, 0.5) is 16.4 Å². The summed E-state index contributed by atoms with van der Waals surface area (Å²) < 4.78 is 0. The number of nitrogens with one attached hydrogen (secondary N) is 2. The van der Waals surface area contributed by atoms with Crippen molar-refractivity contribution in [1.29, 1.82) is 0 Å². The van der Waals surface area contributed by atoms with Crippen LogP contribution in [0.1, 0.15) is 5.56 Å². The second kappa shape index (κ2) is 7.99. The van der Waals surface area contributed by atoms with Gasteiger partial charge >= 0.3 is 6.03 Å². The molecule has 0 aromatic carbocycles. The zero-order valence-electron chi connectivity index (χ0n) is 15.5. The van der Waals surface area contributed by atoms with Crippen LogP contribution in [0.3, 0.4) is 0 Å². The Bertz CT molecular complexity index is 1020. The third-order valence-corrected chi connectivity index (χ3v) is 5.51. The Morgan fingerprint density at radius 3 is 2.86 bits per heavy atom. The SMILES string of the molecule is Cc1ccncc1-c1cc2cc(NC(=O)NN3CCSCC3)ncc2c(N)n1. The molecule has 1 aliphatic rings. The number of nitrogens with two attached hydrogens (primary N) is 1. The van der Waals surface area contributed by atoms with Crippen LogP contribution < -0.4 is 16.5 Å². The number of pyridine rings is 3. The van der Waals surface area contributed by atoms with Gasteiger partial charge in [0.05, 0.1) is 5.69 Å².